The summed E-state index contributed by atoms with van der Waals surface area (Å²) in [5, 5.41) is 2.82. The zero-order valence-electron chi connectivity index (χ0n) is 14.0. The normalized spacial score (nSPS) is 15.6. The van der Waals surface area contributed by atoms with Crippen LogP contribution >= 0.6 is 0 Å². The van der Waals surface area contributed by atoms with E-state index in [0.29, 0.717) is 11.5 Å². The molecule has 2 aromatic carbocycles. The smallest absolute Gasteiger partial charge is 0.275 e. The van der Waals surface area contributed by atoms with E-state index in [9.17, 15) is 4.79 Å². The van der Waals surface area contributed by atoms with Gasteiger partial charge in [-0.05, 0) is 44.5 Å². The van der Waals surface area contributed by atoms with Crippen LogP contribution in [0.5, 0.6) is 5.75 Å². The first kappa shape index (κ1) is 16.0. The summed E-state index contributed by atoms with van der Waals surface area (Å²) in [4.78, 5) is 16.5. The lowest BCUT2D eigenvalue weighted by Gasteiger charge is -2.09. The number of carbonyl (C=O) groups is 1. The number of benzene rings is 2. The maximum atomic E-state index is 12.1. The minimum atomic E-state index is -0.187. The fourth-order valence-corrected chi connectivity index (χ4v) is 2.39. The van der Waals surface area contributed by atoms with Crippen LogP contribution in [-0.2, 0) is 4.79 Å². The number of hydrogen-bond donors (Lipinski definition) is 1. The third kappa shape index (κ3) is 3.71. The minimum absolute atomic E-state index is 0.136. The van der Waals surface area contributed by atoms with Crippen molar-refractivity contribution in [3.8, 4) is 5.75 Å². The van der Waals surface area contributed by atoms with Crippen molar-refractivity contribution in [2.24, 2.45) is 4.99 Å². The highest BCUT2D eigenvalue weighted by Gasteiger charge is 2.20. The molecule has 4 heteroatoms. The number of nitrogens with one attached hydrogen (secondary N) is 1. The molecule has 1 heterocycles. The van der Waals surface area contributed by atoms with E-state index in [1.807, 2.05) is 69.3 Å². The number of rotatable bonds is 4. The molecule has 0 saturated heterocycles. The van der Waals surface area contributed by atoms with Crippen LogP contribution in [0.15, 0.2) is 59.2 Å². The fourth-order valence-electron chi connectivity index (χ4n) is 2.39. The summed E-state index contributed by atoms with van der Waals surface area (Å²) in [7, 11) is 0. The highest BCUT2D eigenvalue weighted by Crippen LogP contribution is 2.18. The lowest BCUT2D eigenvalue weighted by atomic mass is 10.1. The number of carbonyl (C=O) groups excluding carboxylic acids is 1. The van der Waals surface area contributed by atoms with Gasteiger partial charge in [0.15, 0.2) is 0 Å². The third-order valence-corrected chi connectivity index (χ3v) is 3.58. The second-order valence-electron chi connectivity index (χ2n) is 6.05. The Kier molecular flexibility index (Phi) is 4.47. The highest BCUT2D eigenvalue weighted by molar-refractivity contribution is 6.19. The predicted molar refractivity (Wildman–Crippen MR) is 96.0 cm³/mol. The predicted octanol–water partition coefficient (Wildman–Crippen LogP) is 3.70. The number of amides is 1. The average molecular weight is 320 g/mol. The van der Waals surface area contributed by atoms with Crippen molar-refractivity contribution in [1.82, 2.24) is 5.32 Å². The van der Waals surface area contributed by atoms with Gasteiger partial charge in [0.1, 0.15) is 17.3 Å². The molecule has 0 fully saturated rings. The molecule has 1 aliphatic heterocycles. The van der Waals surface area contributed by atoms with Crippen LogP contribution in [0.3, 0.4) is 0 Å². The van der Waals surface area contributed by atoms with Gasteiger partial charge >= 0.3 is 0 Å². The van der Waals surface area contributed by atoms with E-state index in [2.05, 4.69) is 10.3 Å². The van der Waals surface area contributed by atoms with Gasteiger partial charge in [-0.25, -0.2) is 4.99 Å². The summed E-state index contributed by atoms with van der Waals surface area (Å²) in [6, 6.07) is 15.5. The standard InChI is InChI=1S/C20H20N2O2/c1-13(2)24-17-10-6-15(7-11-17)12-18-20(23)22-19(21-18)16-8-4-14(3)5-9-16/h4-13H,1-3H3,(H,21,22,23)/b18-12+. The largest absolute Gasteiger partial charge is 0.491 e. The molecule has 0 unspecified atom stereocenters. The van der Waals surface area contributed by atoms with Gasteiger partial charge in [0.2, 0.25) is 0 Å². The maximum absolute atomic E-state index is 12.1. The first-order valence-corrected chi connectivity index (χ1v) is 7.97. The average Bonchev–Trinajstić information content (AvgIpc) is 2.90. The van der Waals surface area contributed by atoms with Crippen molar-refractivity contribution in [2.75, 3.05) is 0 Å². The summed E-state index contributed by atoms with van der Waals surface area (Å²) in [6.45, 7) is 6.00. The van der Waals surface area contributed by atoms with Crippen molar-refractivity contribution < 1.29 is 9.53 Å². The summed E-state index contributed by atoms with van der Waals surface area (Å²) in [5.74, 6) is 1.21. The van der Waals surface area contributed by atoms with Gasteiger partial charge in [0, 0.05) is 5.56 Å². The Morgan fingerprint density at radius 1 is 1.04 bits per heavy atom. The maximum Gasteiger partial charge on any atom is 0.275 e. The van der Waals surface area contributed by atoms with E-state index in [1.54, 1.807) is 6.08 Å². The van der Waals surface area contributed by atoms with Gasteiger partial charge in [0.25, 0.3) is 5.91 Å². The second-order valence-corrected chi connectivity index (χ2v) is 6.05. The van der Waals surface area contributed by atoms with E-state index in [4.69, 9.17) is 4.74 Å². The van der Waals surface area contributed by atoms with Gasteiger partial charge in [0.05, 0.1) is 6.10 Å². The van der Waals surface area contributed by atoms with Crippen molar-refractivity contribution in [3.05, 3.63) is 70.9 Å². The Morgan fingerprint density at radius 3 is 2.33 bits per heavy atom. The zero-order chi connectivity index (χ0) is 17.1. The number of ether oxygens (including phenoxy) is 1. The van der Waals surface area contributed by atoms with E-state index < -0.39 is 0 Å². The third-order valence-electron chi connectivity index (χ3n) is 3.58. The molecule has 4 nitrogen and oxygen atoms in total. The quantitative estimate of drug-likeness (QED) is 0.873. The molecule has 1 amide bonds. The molecular formula is C20H20N2O2. The molecule has 3 rings (SSSR count). The van der Waals surface area contributed by atoms with Gasteiger partial charge < -0.3 is 10.1 Å². The summed E-state index contributed by atoms with van der Waals surface area (Å²) < 4.78 is 5.62. The van der Waals surface area contributed by atoms with Gasteiger partial charge in [-0.1, -0.05) is 42.0 Å². The SMILES string of the molecule is Cc1ccc(C2=N/C(=C/c3ccc(OC(C)C)cc3)C(=O)N2)cc1. The lowest BCUT2D eigenvalue weighted by Crippen LogP contribution is -2.24. The summed E-state index contributed by atoms with van der Waals surface area (Å²) in [5.41, 5.74) is 3.38. The van der Waals surface area contributed by atoms with Crippen LogP contribution < -0.4 is 10.1 Å². The summed E-state index contributed by atoms with van der Waals surface area (Å²) >= 11 is 0. The Balaban J connectivity index is 1.81. The van der Waals surface area contributed by atoms with Crippen molar-refractivity contribution in [1.29, 1.82) is 0 Å². The van der Waals surface area contributed by atoms with Crippen LogP contribution in [0.1, 0.15) is 30.5 Å². The minimum Gasteiger partial charge on any atom is -0.491 e. The molecule has 24 heavy (non-hydrogen) atoms. The van der Waals surface area contributed by atoms with Crippen LogP contribution in [-0.4, -0.2) is 17.8 Å². The van der Waals surface area contributed by atoms with E-state index in [1.165, 1.54) is 5.56 Å². The number of nitrogens with zero attached hydrogens (tertiary/aromatic N) is 1. The molecule has 0 atom stereocenters. The Morgan fingerprint density at radius 2 is 1.71 bits per heavy atom. The molecule has 0 radical (unpaired) electrons. The first-order chi connectivity index (χ1) is 11.5. The Labute approximate surface area is 141 Å². The zero-order valence-corrected chi connectivity index (χ0v) is 14.0. The number of amidine groups is 1. The van der Waals surface area contributed by atoms with Gasteiger partial charge in [-0.3, -0.25) is 4.79 Å². The van der Waals surface area contributed by atoms with Crippen LogP contribution in [0.4, 0.5) is 0 Å². The van der Waals surface area contributed by atoms with Crippen molar-refractivity contribution >= 4 is 17.8 Å². The topological polar surface area (TPSA) is 50.7 Å². The van der Waals surface area contributed by atoms with Crippen LogP contribution in [0.25, 0.3) is 6.08 Å². The molecule has 1 aliphatic rings. The second kappa shape index (κ2) is 6.71. The molecule has 0 aromatic heterocycles. The van der Waals surface area contributed by atoms with Crippen LogP contribution in [0.2, 0.25) is 0 Å². The molecule has 1 N–H and O–H groups in total. The number of hydrogen-bond acceptors (Lipinski definition) is 3. The molecule has 0 spiro atoms. The van der Waals surface area contributed by atoms with Gasteiger partial charge in [-0.2, -0.15) is 0 Å². The summed E-state index contributed by atoms with van der Waals surface area (Å²) in [6.07, 6.45) is 1.91. The van der Waals surface area contributed by atoms with E-state index in [-0.39, 0.29) is 12.0 Å². The Hall–Kier alpha value is -2.88. The highest BCUT2D eigenvalue weighted by atomic mass is 16.5. The molecule has 0 bridgehead atoms. The van der Waals surface area contributed by atoms with Crippen LogP contribution in [0, 0.1) is 6.92 Å². The van der Waals surface area contributed by atoms with Gasteiger partial charge in [-0.15, -0.1) is 0 Å². The lowest BCUT2D eigenvalue weighted by molar-refractivity contribution is -0.115. The van der Waals surface area contributed by atoms with Crippen molar-refractivity contribution in [3.63, 3.8) is 0 Å². The van der Waals surface area contributed by atoms with Crippen molar-refractivity contribution in [2.45, 2.75) is 26.9 Å². The first-order valence-electron chi connectivity index (χ1n) is 7.97. The molecule has 0 aliphatic carbocycles. The van der Waals surface area contributed by atoms with E-state index >= 15 is 0 Å². The number of aryl methyl sites for hydroxylation is 1. The molecule has 0 saturated carbocycles. The number of aliphatic imine (C=N–C) groups is 1. The monoisotopic (exact) mass is 320 g/mol. The van der Waals surface area contributed by atoms with E-state index in [0.717, 1.165) is 16.9 Å². The molecular weight excluding hydrogens is 300 g/mol. The molecule has 2 aromatic rings. The molecule has 122 valence electrons. The fraction of sp³-hybridized carbons (Fsp3) is 0.200. The Bertz CT molecular complexity index is 801.